The summed E-state index contributed by atoms with van der Waals surface area (Å²) in [6.07, 6.45) is 0. The van der Waals surface area contributed by atoms with Gasteiger partial charge in [-0.15, -0.1) is 0 Å². The van der Waals surface area contributed by atoms with Crippen LogP contribution in [-0.2, 0) is 0 Å². The predicted molar refractivity (Wildman–Crippen MR) is 81.2 cm³/mol. The first-order valence-electron chi connectivity index (χ1n) is 6.65. The van der Waals surface area contributed by atoms with Gasteiger partial charge in [0.15, 0.2) is 0 Å². The van der Waals surface area contributed by atoms with Crippen molar-refractivity contribution in [3.05, 3.63) is 59.4 Å². The third kappa shape index (κ3) is 2.40. The van der Waals surface area contributed by atoms with Crippen LogP contribution in [-0.4, -0.2) is 5.16 Å². The van der Waals surface area contributed by atoms with Gasteiger partial charge < -0.3 is 10.3 Å². The van der Waals surface area contributed by atoms with Crippen LogP contribution in [0.5, 0.6) is 0 Å². The second-order valence-corrected chi connectivity index (χ2v) is 5.08. The van der Waals surface area contributed by atoms with Crippen LogP contribution < -0.4 is 5.73 Å². The Morgan fingerprint density at radius 3 is 2.52 bits per heavy atom. The number of anilines is 1. The lowest BCUT2D eigenvalue weighted by Gasteiger charge is -2.06. The summed E-state index contributed by atoms with van der Waals surface area (Å²) in [7, 11) is 0. The molecule has 0 amide bonds. The third-order valence-electron chi connectivity index (χ3n) is 3.61. The van der Waals surface area contributed by atoms with Gasteiger partial charge in [0.2, 0.25) is 5.88 Å². The molecule has 3 rings (SSSR count). The van der Waals surface area contributed by atoms with Crippen molar-refractivity contribution in [2.45, 2.75) is 13.8 Å². The zero-order chi connectivity index (χ0) is 15.0. The zero-order valence-electron chi connectivity index (χ0n) is 11.9. The van der Waals surface area contributed by atoms with Crippen molar-refractivity contribution < 1.29 is 8.91 Å². The van der Waals surface area contributed by atoms with E-state index in [9.17, 15) is 4.39 Å². The second kappa shape index (κ2) is 5.05. The number of aromatic nitrogens is 1. The normalized spacial score (nSPS) is 10.8. The lowest BCUT2D eigenvalue weighted by Crippen LogP contribution is -1.90. The van der Waals surface area contributed by atoms with Crippen LogP contribution in [0.4, 0.5) is 10.3 Å². The van der Waals surface area contributed by atoms with Crippen LogP contribution >= 0.6 is 0 Å². The lowest BCUT2D eigenvalue weighted by molar-refractivity contribution is 0.439. The second-order valence-electron chi connectivity index (χ2n) is 5.08. The van der Waals surface area contributed by atoms with Crippen molar-refractivity contribution in [2.24, 2.45) is 0 Å². The summed E-state index contributed by atoms with van der Waals surface area (Å²) in [4.78, 5) is 0. The number of rotatable bonds is 2. The van der Waals surface area contributed by atoms with Gasteiger partial charge in [-0.1, -0.05) is 35.5 Å². The van der Waals surface area contributed by atoms with Gasteiger partial charge >= 0.3 is 0 Å². The lowest BCUT2D eigenvalue weighted by atomic mass is 9.97. The van der Waals surface area contributed by atoms with E-state index in [4.69, 9.17) is 10.3 Å². The summed E-state index contributed by atoms with van der Waals surface area (Å²) in [5, 5.41) is 3.99. The number of nitrogens with zero attached hydrogens (tertiary/aromatic N) is 1. The number of halogens is 1. The summed E-state index contributed by atoms with van der Waals surface area (Å²) in [5.74, 6) is -0.0855. The van der Waals surface area contributed by atoms with E-state index in [-0.39, 0.29) is 11.7 Å². The minimum Gasteiger partial charge on any atom is -0.367 e. The molecule has 0 atom stereocenters. The molecule has 1 aromatic heterocycles. The van der Waals surface area contributed by atoms with Gasteiger partial charge in [-0.2, -0.15) is 0 Å². The first-order chi connectivity index (χ1) is 10.1. The van der Waals surface area contributed by atoms with Crippen molar-refractivity contribution in [3.63, 3.8) is 0 Å². The summed E-state index contributed by atoms with van der Waals surface area (Å²) < 4.78 is 18.5. The monoisotopic (exact) mass is 282 g/mol. The molecule has 0 spiro atoms. The van der Waals surface area contributed by atoms with Crippen molar-refractivity contribution in [1.82, 2.24) is 5.16 Å². The number of nitrogen functional groups attached to an aromatic ring is 1. The molecular formula is C17H15FN2O. The maximum absolute atomic E-state index is 13.4. The first kappa shape index (κ1) is 13.4. The van der Waals surface area contributed by atoms with Crippen LogP contribution in [0.2, 0.25) is 0 Å². The van der Waals surface area contributed by atoms with E-state index in [0.29, 0.717) is 16.8 Å². The summed E-state index contributed by atoms with van der Waals surface area (Å²) in [6, 6.07) is 12.2. The zero-order valence-corrected chi connectivity index (χ0v) is 11.9. The average molecular weight is 282 g/mol. The van der Waals surface area contributed by atoms with Gasteiger partial charge in [0.05, 0.1) is 5.56 Å². The van der Waals surface area contributed by atoms with Crippen molar-refractivity contribution >= 4 is 5.88 Å². The molecule has 0 unspecified atom stereocenters. The minimum absolute atomic E-state index is 0.234. The maximum Gasteiger partial charge on any atom is 0.230 e. The summed E-state index contributed by atoms with van der Waals surface area (Å²) in [5.41, 5.74) is 11.1. The predicted octanol–water partition coefficient (Wildman–Crippen LogP) is 4.35. The Morgan fingerprint density at radius 1 is 1.00 bits per heavy atom. The minimum atomic E-state index is -0.319. The molecule has 0 aliphatic rings. The highest BCUT2D eigenvalue weighted by atomic mass is 19.1. The molecule has 0 aliphatic carbocycles. The summed E-state index contributed by atoms with van der Waals surface area (Å²) in [6.45, 7) is 4.08. The number of nitrogens with two attached hydrogens (primary N) is 1. The van der Waals surface area contributed by atoms with Crippen LogP contribution in [0.1, 0.15) is 11.1 Å². The van der Waals surface area contributed by atoms with Gasteiger partial charge in [0.1, 0.15) is 11.5 Å². The number of hydrogen-bond donors (Lipinski definition) is 1. The largest absolute Gasteiger partial charge is 0.367 e. The quantitative estimate of drug-likeness (QED) is 0.760. The molecule has 21 heavy (non-hydrogen) atoms. The van der Waals surface area contributed by atoms with Gasteiger partial charge in [-0.3, -0.25) is 0 Å². The molecule has 0 saturated heterocycles. The molecule has 2 N–H and O–H groups in total. The highest BCUT2D eigenvalue weighted by molar-refractivity contribution is 5.87. The highest BCUT2D eigenvalue weighted by Crippen LogP contribution is 2.36. The Bertz CT molecular complexity index is 808. The van der Waals surface area contributed by atoms with Gasteiger partial charge in [-0.25, -0.2) is 4.39 Å². The Labute approximate surface area is 122 Å². The standard InChI is InChI=1S/C17H15FN2O/c1-10-6-7-12(8-11(10)2)15-16(20-21-17(15)19)13-4-3-5-14(18)9-13/h3-9H,19H2,1-2H3. The molecule has 1 heterocycles. The fourth-order valence-corrected chi connectivity index (χ4v) is 2.31. The van der Waals surface area contributed by atoms with E-state index in [1.165, 1.54) is 17.7 Å². The van der Waals surface area contributed by atoms with E-state index in [2.05, 4.69) is 5.16 Å². The maximum atomic E-state index is 13.4. The third-order valence-corrected chi connectivity index (χ3v) is 3.61. The molecule has 2 aromatic carbocycles. The average Bonchev–Trinajstić information content (AvgIpc) is 2.84. The molecule has 0 saturated carbocycles. The molecule has 3 aromatic rings. The van der Waals surface area contributed by atoms with Gasteiger partial charge in [0.25, 0.3) is 0 Å². The van der Waals surface area contributed by atoms with Crippen LogP contribution in [0.15, 0.2) is 47.0 Å². The fourth-order valence-electron chi connectivity index (χ4n) is 2.31. The van der Waals surface area contributed by atoms with E-state index in [1.54, 1.807) is 12.1 Å². The molecule has 3 nitrogen and oxygen atoms in total. The van der Waals surface area contributed by atoms with Crippen LogP contribution in [0.3, 0.4) is 0 Å². The van der Waals surface area contributed by atoms with Crippen molar-refractivity contribution in [1.29, 1.82) is 0 Å². The Morgan fingerprint density at radius 2 is 1.81 bits per heavy atom. The molecule has 0 radical (unpaired) electrons. The van der Waals surface area contributed by atoms with E-state index < -0.39 is 0 Å². The van der Waals surface area contributed by atoms with Crippen molar-refractivity contribution in [3.8, 4) is 22.4 Å². The first-order valence-corrected chi connectivity index (χ1v) is 6.65. The van der Waals surface area contributed by atoms with Gasteiger partial charge in [-0.05, 0) is 42.7 Å². The van der Waals surface area contributed by atoms with E-state index in [1.807, 2.05) is 32.0 Å². The van der Waals surface area contributed by atoms with Crippen molar-refractivity contribution in [2.75, 3.05) is 5.73 Å². The SMILES string of the molecule is Cc1ccc(-c2c(-c3cccc(F)c3)noc2N)cc1C. The smallest absolute Gasteiger partial charge is 0.230 e. The Hall–Kier alpha value is -2.62. The summed E-state index contributed by atoms with van der Waals surface area (Å²) >= 11 is 0. The van der Waals surface area contributed by atoms with Gasteiger partial charge in [0, 0.05) is 5.56 Å². The fraction of sp³-hybridized carbons (Fsp3) is 0.118. The molecule has 0 bridgehead atoms. The molecule has 0 aliphatic heterocycles. The Kier molecular flexibility index (Phi) is 3.22. The Balaban J connectivity index is 2.19. The molecule has 106 valence electrons. The molecular weight excluding hydrogens is 267 g/mol. The van der Waals surface area contributed by atoms with E-state index >= 15 is 0 Å². The number of benzene rings is 2. The number of hydrogen-bond acceptors (Lipinski definition) is 3. The molecule has 0 fully saturated rings. The number of aryl methyl sites for hydroxylation is 2. The topological polar surface area (TPSA) is 52.0 Å². The van der Waals surface area contributed by atoms with Crippen LogP contribution in [0, 0.1) is 19.7 Å². The van der Waals surface area contributed by atoms with E-state index in [0.717, 1.165) is 11.1 Å². The molecule has 4 heteroatoms. The highest BCUT2D eigenvalue weighted by Gasteiger charge is 2.18. The van der Waals surface area contributed by atoms with Crippen LogP contribution in [0.25, 0.3) is 22.4 Å².